The zero-order valence-corrected chi connectivity index (χ0v) is 11.1. The van der Waals surface area contributed by atoms with Crippen LogP contribution in [0.5, 0.6) is 5.75 Å². The first kappa shape index (κ1) is 14.0. The summed E-state index contributed by atoms with van der Waals surface area (Å²) < 4.78 is 0. The number of rotatable bonds is 5. The molecule has 1 aromatic rings. The van der Waals surface area contributed by atoms with Crippen molar-refractivity contribution in [1.82, 2.24) is 4.90 Å². The number of hydrogen-bond donors (Lipinski definition) is 2. The van der Waals surface area contributed by atoms with Gasteiger partial charge in [-0.25, -0.2) is 0 Å². The largest absolute Gasteiger partial charge is 0.508 e. The van der Waals surface area contributed by atoms with Gasteiger partial charge in [0, 0.05) is 12.5 Å². The van der Waals surface area contributed by atoms with Crippen molar-refractivity contribution >= 4 is 0 Å². The first-order valence-corrected chi connectivity index (χ1v) is 6.03. The van der Waals surface area contributed by atoms with Crippen LogP contribution in [0.15, 0.2) is 24.3 Å². The summed E-state index contributed by atoms with van der Waals surface area (Å²) in [4.78, 5) is 1.98. The van der Waals surface area contributed by atoms with Crippen molar-refractivity contribution in [2.24, 2.45) is 0 Å². The lowest BCUT2D eigenvalue weighted by Gasteiger charge is -2.35. The summed E-state index contributed by atoms with van der Waals surface area (Å²) >= 11 is 0. The van der Waals surface area contributed by atoms with Crippen molar-refractivity contribution in [3.05, 3.63) is 29.8 Å². The summed E-state index contributed by atoms with van der Waals surface area (Å²) in [6, 6.07) is 7.16. The van der Waals surface area contributed by atoms with Crippen LogP contribution in [0.4, 0.5) is 0 Å². The van der Waals surface area contributed by atoms with Crippen LogP contribution in [-0.2, 0) is 0 Å². The third kappa shape index (κ3) is 3.72. The normalized spacial score (nSPS) is 16.8. The standard InChI is InChI=1S/C14H23NO2/c1-5-13(14(2,17)10-15(3)4)11-7-6-8-12(16)9-11/h6-9,13,16-17H,5,10H2,1-4H3/t13-,14+/m0/s1. The van der Waals surface area contributed by atoms with E-state index in [9.17, 15) is 10.2 Å². The maximum Gasteiger partial charge on any atom is 0.115 e. The zero-order chi connectivity index (χ0) is 13.1. The third-order valence-electron chi connectivity index (χ3n) is 3.07. The molecule has 2 N–H and O–H groups in total. The van der Waals surface area contributed by atoms with E-state index in [1.165, 1.54) is 0 Å². The summed E-state index contributed by atoms with van der Waals surface area (Å²) in [5.74, 6) is 0.276. The van der Waals surface area contributed by atoms with Gasteiger partial charge in [0.1, 0.15) is 5.75 Å². The molecule has 0 radical (unpaired) electrons. The molecule has 3 nitrogen and oxygen atoms in total. The Morgan fingerprint density at radius 1 is 1.35 bits per heavy atom. The molecule has 0 aliphatic heterocycles. The number of likely N-dealkylation sites (N-methyl/N-ethyl adjacent to an activating group) is 1. The SMILES string of the molecule is CC[C@@H](c1cccc(O)c1)[C@](C)(O)CN(C)C. The van der Waals surface area contributed by atoms with E-state index in [0.29, 0.717) is 6.54 Å². The lowest BCUT2D eigenvalue weighted by molar-refractivity contribution is 0.00599. The summed E-state index contributed by atoms with van der Waals surface area (Å²) in [5.41, 5.74) is 0.186. The van der Waals surface area contributed by atoms with Gasteiger partial charge in [0.2, 0.25) is 0 Å². The van der Waals surface area contributed by atoms with E-state index in [1.54, 1.807) is 12.1 Å². The number of benzene rings is 1. The number of aliphatic hydroxyl groups is 1. The Morgan fingerprint density at radius 2 is 2.00 bits per heavy atom. The number of phenols is 1. The van der Waals surface area contributed by atoms with Crippen molar-refractivity contribution in [2.75, 3.05) is 20.6 Å². The maximum atomic E-state index is 10.6. The van der Waals surface area contributed by atoms with Crippen molar-refractivity contribution in [1.29, 1.82) is 0 Å². The lowest BCUT2D eigenvalue weighted by atomic mass is 9.81. The van der Waals surface area contributed by atoms with E-state index in [0.717, 1.165) is 12.0 Å². The van der Waals surface area contributed by atoms with Crippen molar-refractivity contribution < 1.29 is 10.2 Å². The summed E-state index contributed by atoms with van der Waals surface area (Å²) in [7, 11) is 3.90. The van der Waals surface area contributed by atoms with Gasteiger partial charge < -0.3 is 15.1 Å². The highest BCUT2D eigenvalue weighted by atomic mass is 16.3. The highest BCUT2D eigenvalue weighted by Gasteiger charge is 2.32. The number of hydrogen-bond acceptors (Lipinski definition) is 3. The van der Waals surface area contributed by atoms with E-state index in [1.807, 2.05) is 38.1 Å². The second-order valence-electron chi connectivity index (χ2n) is 5.15. The molecule has 0 amide bonds. The maximum absolute atomic E-state index is 10.6. The summed E-state index contributed by atoms with van der Waals surface area (Å²) in [6.07, 6.45) is 0.838. The minimum Gasteiger partial charge on any atom is -0.508 e. The first-order chi connectivity index (χ1) is 7.86. The second kappa shape index (κ2) is 5.52. The molecule has 0 aromatic heterocycles. The van der Waals surface area contributed by atoms with Gasteiger partial charge in [0.05, 0.1) is 5.60 Å². The van der Waals surface area contributed by atoms with Gasteiger partial charge in [-0.15, -0.1) is 0 Å². The molecule has 1 aromatic carbocycles. The Kier molecular flexibility index (Phi) is 4.54. The van der Waals surface area contributed by atoms with Crippen LogP contribution in [0.1, 0.15) is 31.7 Å². The van der Waals surface area contributed by atoms with E-state index in [4.69, 9.17) is 0 Å². The Hall–Kier alpha value is -1.06. The molecular weight excluding hydrogens is 214 g/mol. The van der Waals surface area contributed by atoms with Gasteiger partial charge in [-0.1, -0.05) is 19.1 Å². The fourth-order valence-corrected chi connectivity index (χ4v) is 2.53. The fraction of sp³-hybridized carbons (Fsp3) is 0.571. The Morgan fingerprint density at radius 3 is 2.47 bits per heavy atom. The lowest BCUT2D eigenvalue weighted by Crippen LogP contribution is -2.42. The molecule has 0 aliphatic carbocycles. The average molecular weight is 237 g/mol. The van der Waals surface area contributed by atoms with Crippen LogP contribution in [0.3, 0.4) is 0 Å². The minimum absolute atomic E-state index is 0.0250. The van der Waals surface area contributed by atoms with Gasteiger partial charge in [-0.05, 0) is 45.1 Å². The van der Waals surface area contributed by atoms with Gasteiger partial charge in [0.15, 0.2) is 0 Å². The van der Waals surface area contributed by atoms with Gasteiger partial charge >= 0.3 is 0 Å². The van der Waals surface area contributed by atoms with E-state index >= 15 is 0 Å². The quantitative estimate of drug-likeness (QED) is 0.825. The molecule has 0 saturated carbocycles. The van der Waals surface area contributed by atoms with Crippen LogP contribution in [0.25, 0.3) is 0 Å². The van der Waals surface area contributed by atoms with Crippen LogP contribution in [0.2, 0.25) is 0 Å². The van der Waals surface area contributed by atoms with Crippen molar-refractivity contribution in [2.45, 2.75) is 31.8 Å². The fourth-order valence-electron chi connectivity index (χ4n) is 2.53. The Bertz CT molecular complexity index is 361. The average Bonchev–Trinajstić information content (AvgIpc) is 2.15. The smallest absolute Gasteiger partial charge is 0.115 e. The molecule has 17 heavy (non-hydrogen) atoms. The van der Waals surface area contributed by atoms with Gasteiger partial charge in [-0.2, -0.15) is 0 Å². The minimum atomic E-state index is -0.800. The monoisotopic (exact) mass is 237 g/mol. The molecule has 1 rings (SSSR count). The van der Waals surface area contributed by atoms with Gasteiger partial charge in [0.25, 0.3) is 0 Å². The van der Waals surface area contributed by atoms with Crippen LogP contribution >= 0.6 is 0 Å². The molecule has 96 valence electrons. The molecule has 0 bridgehead atoms. The Balaban J connectivity index is 2.98. The predicted octanol–water partition coefficient (Wildman–Crippen LogP) is 2.20. The van der Waals surface area contributed by atoms with Crippen molar-refractivity contribution in [3.63, 3.8) is 0 Å². The molecule has 0 spiro atoms. The summed E-state index contributed by atoms with van der Waals surface area (Å²) in [6.45, 7) is 4.51. The van der Waals surface area contributed by atoms with E-state index in [-0.39, 0.29) is 11.7 Å². The molecule has 3 heteroatoms. The zero-order valence-electron chi connectivity index (χ0n) is 11.1. The number of nitrogens with zero attached hydrogens (tertiary/aromatic N) is 1. The highest BCUT2D eigenvalue weighted by Crippen LogP contribution is 2.33. The molecule has 0 aliphatic rings. The Labute approximate surface area is 104 Å². The molecular formula is C14H23NO2. The molecule has 0 fully saturated rings. The number of phenolic OH excluding ortho intramolecular Hbond substituents is 1. The number of aromatic hydroxyl groups is 1. The van der Waals surface area contributed by atoms with E-state index < -0.39 is 5.60 Å². The first-order valence-electron chi connectivity index (χ1n) is 6.03. The third-order valence-corrected chi connectivity index (χ3v) is 3.07. The summed E-state index contributed by atoms with van der Waals surface area (Å²) in [5, 5.41) is 20.1. The van der Waals surface area contributed by atoms with Crippen LogP contribution in [-0.4, -0.2) is 41.4 Å². The van der Waals surface area contributed by atoms with Crippen molar-refractivity contribution in [3.8, 4) is 5.75 Å². The molecule has 0 heterocycles. The van der Waals surface area contributed by atoms with E-state index in [2.05, 4.69) is 6.92 Å². The molecule has 0 unspecified atom stereocenters. The van der Waals surface area contributed by atoms with Gasteiger partial charge in [-0.3, -0.25) is 0 Å². The second-order valence-corrected chi connectivity index (χ2v) is 5.15. The molecule has 2 atom stereocenters. The molecule has 0 saturated heterocycles. The highest BCUT2D eigenvalue weighted by molar-refractivity contribution is 5.31. The van der Waals surface area contributed by atoms with Crippen LogP contribution in [0, 0.1) is 0 Å². The van der Waals surface area contributed by atoms with Crippen LogP contribution < -0.4 is 0 Å². The topological polar surface area (TPSA) is 43.7 Å². The predicted molar refractivity (Wildman–Crippen MR) is 70.3 cm³/mol.